The van der Waals surface area contributed by atoms with E-state index in [1.165, 1.54) is 27.2 Å². The number of hydrogen-bond donors (Lipinski definition) is 2. The van der Waals surface area contributed by atoms with E-state index in [0.29, 0.717) is 19.4 Å². The maximum absolute atomic E-state index is 12.4. The second kappa shape index (κ2) is 15.5. The van der Waals surface area contributed by atoms with Gasteiger partial charge in [-0.2, -0.15) is 0 Å². The molecule has 12 nitrogen and oxygen atoms in total. The molecule has 2 N–H and O–H groups in total. The van der Waals surface area contributed by atoms with Crippen LogP contribution in [0.2, 0.25) is 0 Å². The van der Waals surface area contributed by atoms with Crippen molar-refractivity contribution in [3.63, 3.8) is 0 Å². The van der Waals surface area contributed by atoms with E-state index in [4.69, 9.17) is 28.4 Å². The third-order valence-electron chi connectivity index (χ3n) is 7.95. The molecule has 0 aliphatic carbocycles. The zero-order valence-corrected chi connectivity index (χ0v) is 26.1. The lowest BCUT2D eigenvalue weighted by Crippen LogP contribution is -2.53. The first kappa shape index (κ1) is 34.3. The fourth-order valence-electron chi connectivity index (χ4n) is 5.49. The highest BCUT2D eigenvalue weighted by molar-refractivity contribution is 5.87. The Hall–Kier alpha value is -3.22. The van der Waals surface area contributed by atoms with Gasteiger partial charge in [-0.15, -0.1) is 0 Å². The summed E-state index contributed by atoms with van der Waals surface area (Å²) in [6.07, 6.45) is 7.66. The smallest absolute Gasteiger partial charge is 0.407 e. The van der Waals surface area contributed by atoms with Crippen molar-refractivity contribution >= 4 is 23.9 Å². The van der Waals surface area contributed by atoms with Crippen LogP contribution in [0.15, 0.2) is 36.0 Å². The maximum Gasteiger partial charge on any atom is 0.407 e. The summed E-state index contributed by atoms with van der Waals surface area (Å²) in [4.78, 5) is 47.4. The number of carbonyl (C=O) groups excluding carboxylic acids is 4. The van der Waals surface area contributed by atoms with Crippen LogP contribution in [-0.4, -0.2) is 93.0 Å². The van der Waals surface area contributed by atoms with Gasteiger partial charge in [-0.25, -0.2) is 4.79 Å². The van der Waals surface area contributed by atoms with E-state index in [1.54, 1.807) is 13.0 Å². The molecule has 9 atom stereocenters. The normalized spacial score (nSPS) is 33.2. The van der Waals surface area contributed by atoms with Crippen LogP contribution in [0.5, 0.6) is 0 Å². The van der Waals surface area contributed by atoms with Crippen LogP contribution >= 0.6 is 0 Å². The molecule has 0 aromatic heterocycles. The van der Waals surface area contributed by atoms with E-state index in [9.17, 15) is 19.2 Å². The van der Waals surface area contributed by atoms with Crippen LogP contribution < -0.4 is 10.6 Å². The summed E-state index contributed by atoms with van der Waals surface area (Å²) in [5.41, 5.74) is 0.272. The first-order valence-electron chi connectivity index (χ1n) is 14.8. The van der Waals surface area contributed by atoms with Crippen molar-refractivity contribution in [1.82, 2.24) is 10.6 Å². The Labute approximate surface area is 253 Å². The van der Waals surface area contributed by atoms with Crippen LogP contribution in [0.3, 0.4) is 0 Å². The fourth-order valence-corrected chi connectivity index (χ4v) is 5.49. The summed E-state index contributed by atoms with van der Waals surface area (Å²) < 4.78 is 33.7. The Morgan fingerprint density at radius 3 is 2.47 bits per heavy atom. The van der Waals surface area contributed by atoms with Gasteiger partial charge in [0, 0.05) is 26.5 Å². The highest BCUT2D eigenvalue weighted by Crippen LogP contribution is 2.45. The molecule has 3 saturated heterocycles. The lowest BCUT2D eigenvalue weighted by atomic mass is 9.87. The molecule has 3 aliphatic heterocycles. The molecule has 0 saturated carbocycles. The summed E-state index contributed by atoms with van der Waals surface area (Å²) >= 11 is 0. The number of carbonyl (C=O) groups is 4. The van der Waals surface area contributed by atoms with Gasteiger partial charge < -0.3 is 39.1 Å². The van der Waals surface area contributed by atoms with Gasteiger partial charge in [0.2, 0.25) is 5.91 Å². The van der Waals surface area contributed by atoms with Crippen molar-refractivity contribution in [2.45, 2.75) is 109 Å². The average Bonchev–Trinajstić information content (AvgIpc) is 3.72. The monoisotopic (exact) mass is 606 g/mol. The third-order valence-corrected chi connectivity index (χ3v) is 7.95. The molecular weight excluding hydrogens is 560 g/mol. The lowest BCUT2D eigenvalue weighted by molar-refractivity contribution is -0.158. The van der Waals surface area contributed by atoms with Crippen molar-refractivity contribution in [1.29, 1.82) is 0 Å². The minimum Gasteiger partial charge on any atom is -0.469 e. The summed E-state index contributed by atoms with van der Waals surface area (Å²) in [6.45, 7) is 9.43. The lowest BCUT2D eigenvalue weighted by Gasteiger charge is -2.39. The van der Waals surface area contributed by atoms with Crippen LogP contribution in [0.25, 0.3) is 0 Å². The Bertz CT molecular complexity index is 1100. The molecular formula is C31H46N2O10. The molecule has 3 rings (SSSR count). The van der Waals surface area contributed by atoms with Crippen LogP contribution in [0.1, 0.15) is 60.3 Å². The van der Waals surface area contributed by atoms with Gasteiger partial charge in [-0.3, -0.25) is 14.4 Å². The quantitative estimate of drug-likeness (QED) is 0.118. The first-order chi connectivity index (χ1) is 20.3. The zero-order chi connectivity index (χ0) is 31.7. The molecule has 0 radical (unpaired) electrons. The molecule has 0 aromatic rings. The van der Waals surface area contributed by atoms with E-state index in [1.807, 2.05) is 26.0 Å². The second-order valence-corrected chi connectivity index (χ2v) is 11.6. The number of ether oxygens (including phenoxy) is 6. The van der Waals surface area contributed by atoms with Crippen molar-refractivity contribution in [3.05, 3.63) is 36.0 Å². The van der Waals surface area contributed by atoms with Gasteiger partial charge in [0.1, 0.15) is 17.8 Å². The predicted molar refractivity (Wildman–Crippen MR) is 156 cm³/mol. The number of rotatable bonds is 11. The van der Waals surface area contributed by atoms with Gasteiger partial charge >= 0.3 is 18.0 Å². The Morgan fingerprint density at radius 1 is 1.12 bits per heavy atom. The highest BCUT2D eigenvalue weighted by Gasteiger charge is 2.61. The Morgan fingerprint density at radius 2 is 1.84 bits per heavy atom. The third kappa shape index (κ3) is 10.2. The Kier molecular flexibility index (Phi) is 12.3. The van der Waals surface area contributed by atoms with E-state index in [2.05, 4.69) is 23.6 Å². The van der Waals surface area contributed by atoms with Crippen molar-refractivity contribution in [2.24, 2.45) is 5.92 Å². The molecule has 1 spiro atoms. The molecule has 12 heteroatoms. The molecule has 43 heavy (non-hydrogen) atoms. The molecule has 0 unspecified atom stereocenters. The first-order valence-corrected chi connectivity index (χ1v) is 14.8. The predicted octanol–water partition coefficient (Wildman–Crippen LogP) is 2.90. The standard InChI is InChI=1S/C31H46N2O10/c1-18(8-11-25-19(2)14-24(21(4)41-25)33-27(35)13-10-20(3)40-22(5)34)9-12-26-29(43-30(37)32-6)31(17-39-31)16-23(42-26)15-28(36)38-7/h8-10,12-13,19-21,23-26,29H,11,14-17H2,1-7H3,(H,32,37)(H,33,35)/b12-9+,13-10-,18-8+/t19-,20-,21+,23+,24+,25-,26+,29+,31+/m0/s1. The fraction of sp³-hybridized carbons (Fsp3) is 0.677. The number of hydrogen-bond acceptors (Lipinski definition) is 10. The molecule has 240 valence electrons. The van der Waals surface area contributed by atoms with Crippen molar-refractivity contribution < 1.29 is 47.6 Å². The van der Waals surface area contributed by atoms with E-state index in [-0.39, 0.29) is 42.5 Å². The Balaban J connectivity index is 1.58. The van der Waals surface area contributed by atoms with Crippen LogP contribution in [-0.2, 0) is 42.8 Å². The maximum atomic E-state index is 12.4. The average molecular weight is 607 g/mol. The topological polar surface area (TPSA) is 151 Å². The van der Waals surface area contributed by atoms with Gasteiger partial charge in [-0.1, -0.05) is 30.7 Å². The van der Waals surface area contributed by atoms with Crippen molar-refractivity contribution in [3.8, 4) is 0 Å². The zero-order valence-electron chi connectivity index (χ0n) is 26.1. The molecule has 2 amide bonds. The number of nitrogens with one attached hydrogen (secondary N) is 2. The summed E-state index contributed by atoms with van der Waals surface area (Å²) in [5.74, 6) is -0.856. The molecule has 3 aliphatic rings. The largest absolute Gasteiger partial charge is 0.469 e. The molecule has 0 aromatic carbocycles. The molecule has 3 heterocycles. The number of allylic oxidation sites excluding steroid dienone is 2. The van der Waals surface area contributed by atoms with E-state index in [0.717, 1.165) is 12.0 Å². The van der Waals surface area contributed by atoms with Crippen LogP contribution in [0.4, 0.5) is 4.79 Å². The van der Waals surface area contributed by atoms with Gasteiger partial charge in [0.15, 0.2) is 6.10 Å². The second-order valence-electron chi connectivity index (χ2n) is 11.6. The molecule has 3 fully saturated rings. The number of methoxy groups -OCH3 is 1. The number of alkyl carbamates (subject to hydrolysis) is 1. The van der Waals surface area contributed by atoms with Crippen LogP contribution in [0, 0.1) is 5.92 Å². The minimum absolute atomic E-state index is 0.0335. The number of epoxide rings is 1. The molecule has 0 bridgehead atoms. The van der Waals surface area contributed by atoms with Gasteiger partial charge in [0.05, 0.1) is 44.5 Å². The minimum atomic E-state index is -0.695. The van der Waals surface area contributed by atoms with Crippen molar-refractivity contribution in [2.75, 3.05) is 20.8 Å². The number of esters is 2. The number of amides is 2. The van der Waals surface area contributed by atoms with E-state index >= 15 is 0 Å². The van der Waals surface area contributed by atoms with E-state index < -0.39 is 42.1 Å². The van der Waals surface area contributed by atoms with Gasteiger partial charge in [0.25, 0.3) is 0 Å². The summed E-state index contributed by atoms with van der Waals surface area (Å²) in [6, 6.07) is -0.145. The summed E-state index contributed by atoms with van der Waals surface area (Å²) in [5, 5.41) is 5.46. The SMILES string of the molecule is CNC(=O)O[C@@H]1[C@@H](/C=C/C(C)=C/C[C@@H]2O[C@H](C)[C@H](NC(=O)/C=C\[C@H](C)OC(C)=O)C[C@@H]2C)O[C@H](CC(=O)OC)C[C@@]12CO2. The highest BCUT2D eigenvalue weighted by atomic mass is 16.7. The summed E-state index contributed by atoms with van der Waals surface area (Å²) in [7, 11) is 2.82. The van der Waals surface area contributed by atoms with Gasteiger partial charge in [-0.05, 0) is 45.6 Å².